The highest BCUT2D eigenvalue weighted by Crippen LogP contribution is 2.19. The second kappa shape index (κ2) is 10.00. The largest absolute Gasteiger partial charge is 0.355 e. The molecule has 1 amide bonds. The molecule has 0 spiro atoms. The van der Waals surface area contributed by atoms with Crippen molar-refractivity contribution < 1.29 is 13.7 Å². The number of hydrogen-bond donors (Lipinski definition) is 2. The van der Waals surface area contributed by atoms with Crippen molar-refractivity contribution in [3.05, 3.63) is 35.5 Å². The molecule has 1 aromatic carbocycles. The Labute approximate surface area is 146 Å². The predicted octanol–water partition coefficient (Wildman–Crippen LogP) is 2.26. The summed E-state index contributed by atoms with van der Waals surface area (Å²) in [6, 6.07) is 4.77. The Balaban J connectivity index is 0.00000288. The number of hydrogen-bond acceptors (Lipinski definition) is 5. The van der Waals surface area contributed by atoms with E-state index in [1.165, 1.54) is 6.07 Å². The Morgan fingerprint density at radius 1 is 1.33 bits per heavy atom. The minimum atomic E-state index is -0.311. The highest BCUT2D eigenvalue weighted by Gasteiger charge is 2.11. The van der Waals surface area contributed by atoms with Gasteiger partial charge in [0.25, 0.3) is 0 Å². The number of nitrogens with one attached hydrogen (secondary N) is 2. The number of carbonyl (C=O) groups is 1. The molecule has 0 saturated heterocycles. The minimum Gasteiger partial charge on any atom is -0.355 e. The second-order valence-electron chi connectivity index (χ2n) is 5.18. The van der Waals surface area contributed by atoms with Crippen LogP contribution in [0.2, 0.25) is 0 Å². The Morgan fingerprint density at radius 2 is 2.12 bits per heavy atom. The lowest BCUT2D eigenvalue weighted by Gasteiger charge is -2.04. The van der Waals surface area contributed by atoms with Crippen molar-refractivity contribution in [2.75, 3.05) is 19.6 Å². The number of rotatable bonds is 8. The van der Waals surface area contributed by atoms with Gasteiger partial charge in [0, 0.05) is 31.5 Å². The number of likely N-dealkylation sites (N-methyl/N-ethyl adjacent to an activating group) is 1. The lowest BCUT2D eigenvalue weighted by Crippen LogP contribution is -2.31. The molecule has 8 heteroatoms. The number of aromatic nitrogens is 2. The Bertz CT molecular complexity index is 663. The van der Waals surface area contributed by atoms with Gasteiger partial charge in [0.1, 0.15) is 5.82 Å². The van der Waals surface area contributed by atoms with Gasteiger partial charge in [-0.2, -0.15) is 4.98 Å². The third kappa shape index (κ3) is 5.90. The van der Waals surface area contributed by atoms with E-state index in [0.29, 0.717) is 35.8 Å². The van der Waals surface area contributed by atoms with Gasteiger partial charge in [-0.3, -0.25) is 4.79 Å². The fraction of sp³-hybridized carbons (Fsp3) is 0.438. The minimum absolute atomic E-state index is 0. The number of halogens is 2. The number of nitrogens with zero attached hydrogens (tertiary/aromatic N) is 2. The van der Waals surface area contributed by atoms with Gasteiger partial charge in [0.2, 0.25) is 17.6 Å². The zero-order chi connectivity index (χ0) is 16.7. The topological polar surface area (TPSA) is 80.0 Å². The normalized spacial score (nSPS) is 10.3. The van der Waals surface area contributed by atoms with Gasteiger partial charge in [0.15, 0.2) is 0 Å². The van der Waals surface area contributed by atoms with Crippen molar-refractivity contribution in [1.82, 2.24) is 20.8 Å². The molecule has 132 valence electrons. The molecule has 2 N–H and O–H groups in total. The first-order chi connectivity index (χ1) is 11.1. The summed E-state index contributed by atoms with van der Waals surface area (Å²) in [5.41, 5.74) is 1.12. The smallest absolute Gasteiger partial charge is 0.227 e. The maximum atomic E-state index is 13.6. The fourth-order valence-electron chi connectivity index (χ4n) is 1.98. The third-order valence-electron chi connectivity index (χ3n) is 3.34. The molecule has 2 rings (SSSR count). The molecule has 0 aliphatic heterocycles. The van der Waals surface area contributed by atoms with Gasteiger partial charge >= 0.3 is 0 Å². The quantitative estimate of drug-likeness (QED) is 0.709. The fourth-order valence-corrected chi connectivity index (χ4v) is 1.98. The lowest BCUT2D eigenvalue weighted by molar-refractivity contribution is -0.121. The van der Waals surface area contributed by atoms with E-state index in [2.05, 4.69) is 20.8 Å². The summed E-state index contributed by atoms with van der Waals surface area (Å²) in [6.07, 6.45) is 0.629. The summed E-state index contributed by atoms with van der Waals surface area (Å²) in [6.45, 7) is 5.90. The molecule has 0 aliphatic carbocycles. The first-order valence-corrected chi connectivity index (χ1v) is 7.66. The number of benzene rings is 1. The van der Waals surface area contributed by atoms with E-state index >= 15 is 0 Å². The van der Waals surface area contributed by atoms with E-state index < -0.39 is 0 Å². The van der Waals surface area contributed by atoms with Crippen LogP contribution in [-0.4, -0.2) is 35.7 Å². The number of aryl methyl sites for hydroxylation is 2. The van der Waals surface area contributed by atoms with E-state index in [1.54, 1.807) is 19.1 Å². The first-order valence-electron chi connectivity index (χ1n) is 7.66. The van der Waals surface area contributed by atoms with Crippen LogP contribution in [0.5, 0.6) is 0 Å². The lowest BCUT2D eigenvalue weighted by atomic mass is 10.1. The molecule has 6 nitrogen and oxygen atoms in total. The molecule has 0 atom stereocenters. The van der Waals surface area contributed by atoms with Crippen molar-refractivity contribution in [3.63, 3.8) is 0 Å². The van der Waals surface area contributed by atoms with Crippen LogP contribution in [0.4, 0.5) is 4.39 Å². The average Bonchev–Trinajstić information content (AvgIpc) is 3.01. The maximum Gasteiger partial charge on any atom is 0.227 e. The molecule has 1 heterocycles. The van der Waals surface area contributed by atoms with Crippen LogP contribution < -0.4 is 10.6 Å². The highest BCUT2D eigenvalue weighted by molar-refractivity contribution is 5.85. The summed E-state index contributed by atoms with van der Waals surface area (Å²) in [5.74, 6) is 0.312. The van der Waals surface area contributed by atoms with Crippen LogP contribution in [-0.2, 0) is 11.2 Å². The van der Waals surface area contributed by atoms with Crippen molar-refractivity contribution in [2.24, 2.45) is 0 Å². The Morgan fingerprint density at radius 3 is 2.83 bits per heavy atom. The van der Waals surface area contributed by atoms with Gasteiger partial charge in [-0.15, -0.1) is 12.4 Å². The van der Waals surface area contributed by atoms with Gasteiger partial charge in [-0.25, -0.2) is 4.39 Å². The molecule has 24 heavy (non-hydrogen) atoms. The molecular formula is C16H22ClFN4O2. The van der Waals surface area contributed by atoms with E-state index in [9.17, 15) is 9.18 Å². The zero-order valence-electron chi connectivity index (χ0n) is 13.8. The summed E-state index contributed by atoms with van der Waals surface area (Å²) in [7, 11) is 0. The number of carbonyl (C=O) groups excluding carboxylic acids is 1. The molecule has 0 radical (unpaired) electrons. The summed E-state index contributed by atoms with van der Waals surface area (Å²) < 4.78 is 18.7. The maximum absolute atomic E-state index is 13.6. The standard InChI is InChI=1S/C16H21FN4O2.ClH/c1-3-18-8-9-19-14(22)6-7-15-20-16(21-23-15)12-5-4-11(2)13(17)10-12;/h4-5,10,18H,3,6-9H2,1-2H3,(H,19,22);1H. The predicted molar refractivity (Wildman–Crippen MR) is 91.6 cm³/mol. The van der Waals surface area contributed by atoms with Crippen LogP contribution >= 0.6 is 12.4 Å². The number of amides is 1. The molecule has 1 aromatic heterocycles. The summed E-state index contributed by atoms with van der Waals surface area (Å²) in [4.78, 5) is 15.9. The van der Waals surface area contributed by atoms with Crippen molar-refractivity contribution >= 4 is 18.3 Å². The molecule has 0 saturated carbocycles. The van der Waals surface area contributed by atoms with E-state index in [1.807, 2.05) is 6.92 Å². The third-order valence-corrected chi connectivity index (χ3v) is 3.34. The SMILES string of the molecule is CCNCCNC(=O)CCc1nc(-c2ccc(C)c(F)c2)no1.Cl. The molecule has 0 unspecified atom stereocenters. The first kappa shape index (κ1) is 20.1. The van der Waals surface area contributed by atoms with E-state index in [-0.39, 0.29) is 30.6 Å². The van der Waals surface area contributed by atoms with Crippen LogP contribution in [0.15, 0.2) is 22.7 Å². The summed E-state index contributed by atoms with van der Waals surface area (Å²) in [5, 5.41) is 9.75. The van der Waals surface area contributed by atoms with Gasteiger partial charge < -0.3 is 15.2 Å². The van der Waals surface area contributed by atoms with Crippen molar-refractivity contribution in [2.45, 2.75) is 26.7 Å². The van der Waals surface area contributed by atoms with Crippen LogP contribution in [0, 0.1) is 12.7 Å². The summed E-state index contributed by atoms with van der Waals surface area (Å²) >= 11 is 0. The van der Waals surface area contributed by atoms with Crippen molar-refractivity contribution in [3.8, 4) is 11.4 Å². The average molecular weight is 357 g/mol. The van der Waals surface area contributed by atoms with Crippen LogP contribution in [0.25, 0.3) is 11.4 Å². The zero-order valence-corrected chi connectivity index (χ0v) is 14.6. The van der Waals surface area contributed by atoms with Crippen LogP contribution in [0.1, 0.15) is 24.8 Å². The van der Waals surface area contributed by atoms with E-state index in [4.69, 9.17) is 4.52 Å². The Hall–Kier alpha value is -1.99. The highest BCUT2D eigenvalue weighted by atomic mass is 35.5. The van der Waals surface area contributed by atoms with Gasteiger partial charge in [-0.1, -0.05) is 24.2 Å². The van der Waals surface area contributed by atoms with Crippen LogP contribution in [0.3, 0.4) is 0 Å². The molecule has 0 aliphatic rings. The van der Waals surface area contributed by atoms with Gasteiger partial charge in [0.05, 0.1) is 0 Å². The van der Waals surface area contributed by atoms with E-state index in [0.717, 1.165) is 13.1 Å². The Kier molecular flexibility index (Phi) is 8.35. The monoisotopic (exact) mass is 356 g/mol. The molecule has 0 fully saturated rings. The molecular weight excluding hydrogens is 335 g/mol. The molecule has 2 aromatic rings. The van der Waals surface area contributed by atoms with Gasteiger partial charge in [-0.05, 0) is 25.1 Å². The van der Waals surface area contributed by atoms with Crippen molar-refractivity contribution in [1.29, 1.82) is 0 Å². The molecule has 0 bridgehead atoms. The second-order valence-corrected chi connectivity index (χ2v) is 5.18.